The molecular weight excluding hydrogens is 326 g/mol. The van der Waals surface area contributed by atoms with Gasteiger partial charge in [0.1, 0.15) is 11.5 Å². The molecule has 2 rings (SSSR count). The number of para-hydroxylation sites is 2. The third kappa shape index (κ3) is 5.65. The lowest BCUT2D eigenvalue weighted by molar-refractivity contribution is 0.474. The van der Waals surface area contributed by atoms with Gasteiger partial charge in [0.05, 0.1) is 5.04 Å². The van der Waals surface area contributed by atoms with Crippen LogP contribution in [0.25, 0.3) is 0 Å². The van der Waals surface area contributed by atoms with Gasteiger partial charge in [-0.3, -0.25) is 10.8 Å². The fraction of sp³-hybridized carbons (Fsp3) is 0.176. The number of benzene rings is 2. The molecule has 0 aromatic heterocycles. The number of rotatable bonds is 6. The molecule has 0 aliphatic heterocycles. The van der Waals surface area contributed by atoms with Crippen LogP contribution in [-0.2, 0) is 11.5 Å². The Morgan fingerprint density at radius 3 is 1.87 bits per heavy atom. The number of hydrogen-bond donors (Lipinski definition) is 3. The van der Waals surface area contributed by atoms with Gasteiger partial charge in [-0.1, -0.05) is 48.2 Å². The van der Waals surface area contributed by atoms with Gasteiger partial charge in [0, 0.05) is 22.6 Å². The first-order valence-corrected chi connectivity index (χ1v) is 9.02. The van der Waals surface area contributed by atoms with Crippen molar-refractivity contribution < 1.29 is 4.74 Å². The van der Waals surface area contributed by atoms with Crippen LogP contribution in [0, 0.1) is 10.8 Å². The Kier molecular flexibility index (Phi) is 6.55. The summed E-state index contributed by atoms with van der Waals surface area (Å²) >= 11 is 2.76. The van der Waals surface area contributed by atoms with Crippen molar-refractivity contribution in [3.05, 3.63) is 59.7 Å². The number of amidine groups is 1. The second-order valence-electron chi connectivity index (χ2n) is 4.82. The van der Waals surface area contributed by atoms with Crippen LogP contribution < -0.4 is 10.5 Å². The molecule has 0 aliphatic carbocycles. The van der Waals surface area contributed by atoms with E-state index in [1.165, 1.54) is 23.5 Å². The molecule has 0 bridgehead atoms. The average molecular weight is 345 g/mol. The van der Waals surface area contributed by atoms with Crippen molar-refractivity contribution in [1.82, 2.24) is 0 Å². The maximum Gasteiger partial charge on any atom is 0.151 e. The highest BCUT2D eigenvalue weighted by atomic mass is 32.2. The molecule has 0 atom stereocenters. The van der Waals surface area contributed by atoms with Crippen molar-refractivity contribution in [1.29, 1.82) is 10.8 Å². The Hall–Kier alpha value is -1.92. The average Bonchev–Trinajstić information content (AvgIpc) is 2.53. The van der Waals surface area contributed by atoms with E-state index < -0.39 is 0 Å². The van der Waals surface area contributed by atoms with Gasteiger partial charge in [0.15, 0.2) is 5.17 Å². The van der Waals surface area contributed by atoms with E-state index in [9.17, 15) is 0 Å². The van der Waals surface area contributed by atoms with Crippen LogP contribution in [0.3, 0.4) is 0 Å². The van der Waals surface area contributed by atoms with Crippen LogP contribution in [0.2, 0.25) is 0 Å². The topological polar surface area (TPSA) is 83.0 Å². The van der Waals surface area contributed by atoms with Gasteiger partial charge in [-0.15, -0.1) is 11.8 Å². The molecule has 0 unspecified atom stereocenters. The maximum absolute atomic E-state index is 7.55. The van der Waals surface area contributed by atoms with Crippen LogP contribution >= 0.6 is 23.5 Å². The van der Waals surface area contributed by atoms with Gasteiger partial charge in [0.2, 0.25) is 0 Å². The van der Waals surface area contributed by atoms with Gasteiger partial charge in [-0.05, 0) is 19.1 Å². The first-order chi connectivity index (χ1) is 11.1. The molecule has 23 heavy (non-hydrogen) atoms. The Morgan fingerprint density at radius 2 is 1.39 bits per heavy atom. The van der Waals surface area contributed by atoms with E-state index in [1.807, 2.05) is 48.5 Å². The van der Waals surface area contributed by atoms with E-state index in [0.717, 1.165) is 22.6 Å². The first-order valence-electron chi connectivity index (χ1n) is 7.04. The molecule has 0 aliphatic rings. The third-order valence-electron chi connectivity index (χ3n) is 2.99. The van der Waals surface area contributed by atoms with Crippen LogP contribution in [0.5, 0.6) is 11.5 Å². The molecule has 0 heterocycles. The summed E-state index contributed by atoms with van der Waals surface area (Å²) in [5.41, 5.74) is 7.47. The Labute approximate surface area is 144 Å². The second-order valence-corrected chi connectivity index (χ2v) is 7.02. The van der Waals surface area contributed by atoms with Crippen LogP contribution in [0.15, 0.2) is 48.5 Å². The lowest BCUT2D eigenvalue weighted by Crippen LogP contribution is -2.04. The molecule has 0 amide bonds. The third-order valence-corrected chi connectivity index (χ3v) is 4.65. The van der Waals surface area contributed by atoms with Gasteiger partial charge >= 0.3 is 0 Å². The molecule has 0 saturated heterocycles. The summed E-state index contributed by atoms with van der Waals surface area (Å²) in [6, 6.07) is 15.6. The van der Waals surface area contributed by atoms with Crippen LogP contribution in [0.1, 0.15) is 18.1 Å². The lowest BCUT2D eigenvalue weighted by Gasteiger charge is -2.14. The van der Waals surface area contributed by atoms with Gasteiger partial charge in [-0.2, -0.15) is 0 Å². The molecule has 2 aromatic rings. The van der Waals surface area contributed by atoms with Crippen molar-refractivity contribution in [2.45, 2.75) is 18.4 Å². The molecule has 0 spiro atoms. The number of ether oxygens (including phenoxy) is 1. The summed E-state index contributed by atoms with van der Waals surface area (Å²) in [5.74, 6) is 2.87. The monoisotopic (exact) mass is 345 g/mol. The Balaban J connectivity index is 2.19. The molecule has 4 nitrogen and oxygen atoms in total. The highest BCUT2D eigenvalue weighted by Gasteiger charge is 2.09. The fourth-order valence-electron chi connectivity index (χ4n) is 1.91. The standard InChI is InChI=1S/C17H19N3OS2/c1-12(18)22-10-13-6-2-4-8-15(13)21-16-9-5-3-7-14(16)11-23-17(19)20/h2-9,18H,10-11H2,1H3,(H3,19,20). The number of hydrogen-bond acceptors (Lipinski definition) is 5. The fourth-order valence-corrected chi connectivity index (χ4v) is 3.07. The summed E-state index contributed by atoms with van der Waals surface area (Å²) in [5, 5.41) is 15.6. The zero-order valence-corrected chi connectivity index (χ0v) is 14.5. The first kappa shape index (κ1) is 17.4. The van der Waals surface area contributed by atoms with E-state index in [4.69, 9.17) is 21.3 Å². The van der Waals surface area contributed by atoms with Crippen molar-refractivity contribution in [2.24, 2.45) is 5.73 Å². The Morgan fingerprint density at radius 1 is 0.913 bits per heavy atom. The predicted molar refractivity (Wildman–Crippen MR) is 101 cm³/mol. The van der Waals surface area contributed by atoms with E-state index in [-0.39, 0.29) is 5.17 Å². The highest BCUT2D eigenvalue weighted by Crippen LogP contribution is 2.31. The highest BCUT2D eigenvalue weighted by molar-refractivity contribution is 8.13. The summed E-state index contributed by atoms with van der Waals surface area (Å²) in [6.45, 7) is 1.78. The van der Waals surface area contributed by atoms with Crippen molar-refractivity contribution in [3.63, 3.8) is 0 Å². The minimum Gasteiger partial charge on any atom is -0.457 e. The van der Waals surface area contributed by atoms with Gasteiger partial charge in [0.25, 0.3) is 0 Å². The smallest absolute Gasteiger partial charge is 0.151 e. The number of nitrogens with one attached hydrogen (secondary N) is 2. The van der Waals surface area contributed by atoms with Crippen LogP contribution in [0.4, 0.5) is 0 Å². The molecule has 0 radical (unpaired) electrons. The predicted octanol–water partition coefficient (Wildman–Crippen LogP) is 4.84. The lowest BCUT2D eigenvalue weighted by atomic mass is 10.2. The normalized spacial score (nSPS) is 10.3. The summed E-state index contributed by atoms with van der Waals surface area (Å²) in [4.78, 5) is 0. The molecule has 0 saturated carbocycles. The minimum atomic E-state index is 0.0954. The van der Waals surface area contributed by atoms with Crippen molar-refractivity contribution >= 4 is 33.7 Å². The summed E-state index contributed by atoms with van der Waals surface area (Å²) in [7, 11) is 0. The zero-order chi connectivity index (χ0) is 16.7. The summed E-state index contributed by atoms with van der Waals surface area (Å²) in [6.07, 6.45) is 0. The van der Waals surface area contributed by atoms with Crippen molar-refractivity contribution in [2.75, 3.05) is 0 Å². The van der Waals surface area contributed by atoms with E-state index in [2.05, 4.69) is 0 Å². The molecule has 120 valence electrons. The second kappa shape index (κ2) is 8.64. The van der Waals surface area contributed by atoms with Crippen LogP contribution in [-0.4, -0.2) is 10.2 Å². The van der Waals surface area contributed by atoms with Gasteiger partial charge < -0.3 is 10.5 Å². The molecule has 4 N–H and O–H groups in total. The van der Waals surface area contributed by atoms with Crippen molar-refractivity contribution in [3.8, 4) is 11.5 Å². The SMILES string of the molecule is CC(=N)SCc1ccccc1Oc1ccccc1CSC(=N)N. The summed E-state index contributed by atoms with van der Waals surface area (Å²) < 4.78 is 6.10. The molecular formula is C17H19N3OS2. The number of thioether (sulfide) groups is 2. The Bertz CT molecular complexity index is 644. The maximum atomic E-state index is 7.55. The largest absolute Gasteiger partial charge is 0.457 e. The zero-order valence-electron chi connectivity index (χ0n) is 12.8. The van der Waals surface area contributed by atoms with E-state index in [0.29, 0.717) is 16.5 Å². The molecule has 2 aromatic carbocycles. The molecule has 6 heteroatoms. The van der Waals surface area contributed by atoms with E-state index in [1.54, 1.807) is 6.92 Å². The minimum absolute atomic E-state index is 0.0954. The number of nitrogens with two attached hydrogens (primary N) is 1. The molecule has 0 fully saturated rings. The van der Waals surface area contributed by atoms with Gasteiger partial charge in [-0.25, -0.2) is 0 Å². The quantitative estimate of drug-likeness (QED) is 0.517. The van der Waals surface area contributed by atoms with E-state index >= 15 is 0 Å².